The van der Waals surface area contributed by atoms with Crippen molar-refractivity contribution in [3.8, 4) is 0 Å². The van der Waals surface area contributed by atoms with E-state index < -0.39 is 12.5 Å². The van der Waals surface area contributed by atoms with Crippen LogP contribution in [0.3, 0.4) is 0 Å². The van der Waals surface area contributed by atoms with Gasteiger partial charge in [0, 0.05) is 14.0 Å². The number of carbonyl (C=O) groups excluding carboxylic acids is 1. The maximum Gasteiger partial charge on any atom is 0.510 e. The van der Waals surface area contributed by atoms with E-state index in [-0.39, 0.29) is 13.2 Å². The molecule has 0 spiro atoms. The molecule has 0 saturated heterocycles. The van der Waals surface area contributed by atoms with Crippen molar-refractivity contribution < 1.29 is 23.4 Å². The summed E-state index contributed by atoms with van der Waals surface area (Å²) in [5.41, 5.74) is 0. The average molecular weight is 166 g/mol. The average Bonchev–Trinajstić information content (AvgIpc) is 1.86. The lowest BCUT2D eigenvalue weighted by atomic mass is 10.8. The van der Waals surface area contributed by atoms with E-state index in [4.69, 9.17) is 0 Å². The maximum absolute atomic E-state index is 11.9. The molecule has 0 radical (unpaired) electrons. The highest BCUT2D eigenvalue weighted by Gasteiger charge is 2.07. The van der Waals surface area contributed by atoms with Gasteiger partial charge in [-0.1, -0.05) is 0 Å². The Balaban J connectivity index is 3.23. The first kappa shape index (κ1) is 10.2. The van der Waals surface area contributed by atoms with Crippen LogP contribution >= 0.6 is 0 Å². The lowest BCUT2D eigenvalue weighted by molar-refractivity contribution is -0.0273. The van der Waals surface area contributed by atoms with Crippen LogP contribution < -0.4 is 0 Å². The standard InChI is InChI=1S/C6H11FO4/c1-5(7)11-6(8)10-4-3-9-2/h5H,3-4H2,1-2H3. The summed E-state index contributed by atoms with van der Waals surface area (Å²) in [5.74, 6) is 0. The Morgan fingerprint density at radius 3 is 2.64 bits per heavy atom. The minimum atomic E-state index is -1.63. The highest BCUT2D eigenvalue weighted by atomic mass is 19.1. The Morgan fingerprint density at radius 2 is 2.18 bits per heavy atom. The lowest BCUT2D eigenvalue weighted by Crippen LogP contribution is -2.14. The number of methoxy groups -OCH3 is 1. The largest absolute Gasteiger partial charge is 0.510 e. The number of ether oxygens (including phenoxy) is 3. The monoisotopic (exact) mass is 166 g/mol. The Bertz CT molecular complexity index is 115. The van der Waals surface area contributed by atoms with Gasteiger partial charge in [-0.2, -0.15) is 0 Å². The predicted molar refractivity (Wildman–Crippen MR) is 34.9 cm³/mol. The molecule has 4 nitrogen and oxygen atoms in total. The van der Waals surface area contributed by atoms with E-state index in [1.165, 1.54) is 7.11 Å². The summed E-state index contributed by atoms with van der Waals surface area (Å²) in [4.78, 5) is 10.4. The quantitative estimate of drug-likeness (QED) is 0.463. The zero-order valence-electron chi connectivity index (χ0n) is 6.50. The molecule has 0 bridgehead atoms. The van der Waals surface area contributed by atoms with Crippen molar-refractivity contribution in [2.24, 2.45) is 0 Å². The van der Waals surface area contributed by atoms with Crippen LogP contribution in [0.5, 0.6) is 0 Å². The number of rotatable bonds is 4. The summed E-state index contributed by atoms with van der Waals surface area (Å²) in [7, 11) is 1.46. The third-order valence-corrected chi connectivity index (χ3v) is 0.766. The summed E-state index contributed by atoms with van der Waals surface area (Å²) < 4.78 is 24.9. The fourth-order valence-corrected chi connectivity index (χ4v) is 0.375. The molecule has 1 unspecified atom stereocenters. The Kier molecular flexibility index (Phi) is 5.46. The molecule has 0 aromatic carbocycles. The Hall–Kier alpha value is -0.840. The molecular weight excluding hydrogens is 155 g/mol. The van der Waals surface area contributed by atoms with Crippen LogP contribution in [0, 0.1) is 0 Å². The van der Waals surface area contributed by atoms with Gasteiger partial charge >= 0.3 is 6.16 Å². The SMILES string of the molecule is COCCOC(=O)OC(C)F. The van der Waals surface area contributed by atoms with E-state index in [1.807, 2.05) is 0 Å². The molecule has 1 atom stereocenters. The molecule has 0 aliphatic heterocycles. The second kappa shape index (κ2) is 5.91. The van der Waals surface area contributed by atoms with Crippen LogP contribution in [0.25, 0.3) is 0 Å². The Labute approximate surface area is 64.2 Å². The van der Waals surface area contributed by atoms with Crippen LogP contribution in [-0.4, -0.2) is 32.8 Å². The van der Waals surface area contributed by atoms with E-state index in [2.05, 4.69) is 14.2 Å². The van der Waals surface area contributed by atoms with Crippen molar-refractivity contribution in [1.29, 1.82) is 0 Å². The normalized spacial score (nSPS) is 12.3. The van der Waals surface area contributed by atoms with E-state index in [0.29, 0.717) is 0 Å². The van der Waals surface area contributed by atoms with Crippen LogP contribution in [0.2, 0.25) is 0 Å². The first-order chi connectivity index (χ1) is 5.16. The van der Waals surface area contributed by atoms with Gasteiger partial charge in [0.05, 0.1) is 6.61 Å². The highest BCUT2D eigenvalue weighted by molar-refractivity contribution is 5.59. The molecule has 0 aromatic heterocycles. The van der Waals surface area contributed by atoms with Gasteiger partial charge in [0.1, 0.15) is 6.61 Å². The second-order valence-corrected chi connectivity index (χ2v) is 1.75. The molecule has 0 fully saturated rings. The number of carbonyl (C=O) groups is 1. The van der Waals surface area contributed by atoms with Gasteiger partial charge in [-0.3, -0.25) is 0 Å². The number of alkyl halides is 1. The molecule has 0 saturated carbocycles. The molecule has 5 heteroatoms. The van der Waals surface area contributed by atoms with E-state index in [1.54, 1.807) is 0 Å². The number of halogens is 1. The zero-order chi connectivity index (χ0) is 8.69. The third kappa shape index (κ3) is 7.05. The molecule has 0 N–H and O–H groups in total. The molecule has 0 rings (SSSR count). The van der Waals surface area contributed by atoms with Gasteiger partial charge in [-0.05, 0) is 0 Å². The van der Waals surface area contributed by atoms with Crippen LogP contribution in [0.1, 0.15) is 6.92 Å². The first-order valence-corrected chi connectivity index (χ1v) is 3.13. The van der Waals surface area contributed by atoms with E-state index in [0.717, 1.165) is 6.92 Å². The minimum absolute atomic E-state index is 0.0715. The van der Waals surface area contributed by atoms with E-state index >= 15 is 0 Å². The van der Waals surface area contributed by atoms with Gasteiger partial charge in [-0.25, -0.2) is 9.18 Å². The van der Waals surface area contributed by atoms with Crippen molar-refractivity contribution in [1.82, 2.24) is 0 Å². The topological polar surface area (TPSA) is 44.8 Å². The van der Waals surface area contributed by atoms with Gasteiger partial charge in [0.2, 0.25) is 6.36 Å². The van der Waals surface area contributed by atoms with Gasteiger partial charge in [0.15, 0.2) is 0 Å². The van der Waals surface area contributed by atoms with Gasteiger partial charge in [-0.15, -0.1) is 0 Å². The zero-order valence-corrected chi connectivity index (χ0v) is 6.50. The molecule has 0 heterocycles. The van der Waals surface area contributed by atoms with Crippen molar-refractivity contribution in [3.63, 3.8) is 0 Å². The van der Waals surface area contributed by atoms with Gasteiger partial charge < -0.3 is 14.2 Å². The van der Waals surface area contributed by atoms with Crippen molar-refractivity contribution in [2.75, 3.05) is 20.3 Å². The summed E-state index contributed by atoms with van der Waals surface area (Å²) in [6, 6.07) is 0. The van der Waals surface area contributed by atoms with Crippen LogP contribution in [0.4, 0.5) is 9.18 Å². The van der Waals surface area contributed by atoms with Crippen LogP contribution in [0.15, 0.2) is 0 Å². The highest BCUT2D eigenvalue weighted by Crippen LogP contribution is 1.94. The molecule has 0 aliphatic carbocycles. The Morgan fingerprint density at radius 1 is 1.55 bits per heavy atom. The molecule has 0 aromatic rings. The summed E-state index contributed by atoms with van der Waals surface area (Å²) >= 11 is 0. The molecular formula is C6H11FO4. The molecule has 11 heavy (non-hydrogen) atoms. The van der Waals surface area contributed by atoms with Crippen molar-refractivity contribution in [2.45, 2.75) is 13.3 Å². The molecule has 0 amide bonds. The third-order valence-electron chi connectivity index (χ3n) is 0.766. The van der Waals surface area contributed by atoms with Crippen molar-refractivity contribution in [3.05, 3.63) is 0 Å². The van der Waals surface area contributed by atoms with Crippen molar-refractivity contribution >= 4 is 6.16 Å². The number of hydrogen-bond donors (Lipinski definition) is 0. The molecule has 0 aliphatic rings. The van der Waals surface area contributed by atoms with E-state index in [9.17, 15) is 9.18 Å². The summed E-state index contributed by atoms with van der Waals surface area (Å²) in [5, 5.41) is 0. The summed E-state index contributed by atoms with van der Waals surface area (Å²) in [6.45, 7) is 1.44. The maximum atomic E-state index is 11.9. The lowest BCUT2D eigenvalue weighted by Gasteiger charge is -2.05. The summed E-state index contributed by atoms with van der Waals surface area (Å²) in [6.07, 6.45) is -2.65. The smallest absolute Gasteiger partial charge is 0.432 e. The van der Waals surface area contributed by atoms with Crippen LogP contribution in [-0.2, 0) is 14.2 Å². The minimum Gasteiger partial charge on any atom is -0.432 e. The second-order valence-electron chi connectivity index (χ2n) is 1.75. The number of hydrogen-bond acceptors (Lipinski definition) is 4. The fraction of sp³-hybridized carbons (Fsp3) is 0.833. The van der Waals surface area contributed by atoms with Gasteiger partial charge in [0.25, 0.3) is 0 Å². The molecule has 66 valence electrons. The first-order valence-electron chi connectivity index (χ1n) is 3.13. The fourth-order valence-electron chi connectivity index (χ4n) is 0.375. The predicted octanol–water partition coefficient (Wildman–Crippen LogP) is 1.10.